The quantitative estimate of drug-likeness (QED) is 0.220. The van der Waals surface area contributed by atoms with E-state index in [-0.39, 0.29) is 35.0 Å². The maximum Gasteiger partial charge on any atom is 0.343 e. The summed E-state index contributed by atoms with van der Waals surface area (Å²) < 4.78 is 11.4. The second kappa shape index (κ2) is 12.6. The minimum absolute atomic E-state index is 0.0360. The molecular formula is C34H42N8O4. The Balaban J connectivity index is 1.40. The molecule has 4 heterocycles. The van der Waals surface area contributed by atoms with Crippen LogP contribution >= 0.6 is 0 Å². The summed E-state index contributed by atoms with van der Waals surface area (Å²) >= 11 is 0. The highest BCUT2D eigenvalue weighted by molar-refractivity contribution is 6.02. The zero-order valence-corrected chi connectivity index (χ0v) is 27.2. The second-order valence-electron chi connectivity index (χ2n) is 12.8. The van der Waals surface area contributed by atoms with Gasteiger partial charge in [0.05, 0.1) is 41.7 Å². The van der Waals surface area contributed by atoms with Crippen molar-refractivity contribution < 1.29 is 19.1 Å². The van der Waals surface area contributed by atoms with Crippen molar-refractivity contribution in [2.45, 2.75) is 57.1 Å². The van der Waals surface area contributed by atoms with Crippen molar-refractivity contribution in [1.82, 2.24) is 19.9 Å². The van der Waals surface area contributed by atoms with Crippen LogP contribution < -0.4 is 25.2 Å². The predicted molar refractivity (Wildman–Crippen MR) is 179 cm³/mol. The van der Waals surface area contributed by atoms with E-state index in [9.17, 15) is 9.59 Å². The van der Waals surface area contributed by atoms with Gasteiger partial charge in [0.2, 0.25) is 11.9 Å². The van der Waals surface area contributed by atoms with Gasteiger partial charge in [0.1, 0.15) is 11.3 Å². The zero-order chi connectivity index (χ0) is 32.6. The number of carbonyl (C=O) groups is 2. The van der Waals surface area contributed by atoms with E-state index in [1.165, 1.54) is 12.3 Å². The Morgan fingerprint density at radius 2 is 2.00 bits per heavy atom. The lowest BCUT2D eigenvalue weighted by molar-refractivity contribution is -0.111. The van der Waals surface area contributed by atoms with Gasteiger partial charge in [0.25, 0.3) is 0 Å². The van der Waals surface area contributed by atoms with Crippen molar-refractivity contribution in [2.24, 2.45) is 0 Å². The molecule has 2 fully saturated rings. The van der Waals surface area contributed by atoms with Gasteiger partial charge in [0, 0.05) is 49.6 Å². The Bertz CT molecular complexity index is 1650. The van der Waals surface area contributed by atoms with E-state index < -0.39 is 5.97 Å². The summed E-state index contributed by atoms with van der Waals surface area (Å²) in [5.74, 6) is 0.455. The van der Waals surface area contributed by atoms with Crippen molar-refractivity contribution in [2.75, 3.05) is 61.3 Å². The van der Waals surface area contributed by atoms with E-state index in [4.69, 9.17) is 19.4 Å². The number of benzene rings is 1. The van der Waals surface area contributed by atoms with Crippen LogP contribution in [0.5, 0.6) is 5.75 Å². The number of rotatable bonds is 11. The molecule has 3 aromatic rings. The average Bonchev–Trinajstić information content (AvgIpc) is 3.55. The number of hydrogen-bond acceptors (Lipinski definition) is 11. The molecule has 3 aliphatic rings. The maximum atomic E-state index is 13.3. The van der Waals surface area contributed by atoms with Crippen molar-refractivity contribution >= 4 is 46.4 Å². The number of ether oxygens (including phenoxy) is 2. The van der Waals surface area contributed by atoms with Crippen LogP contribution in [0.3, 0.4) is 0 Å². The van der Waals surface area contributed by atoms with Crippen LogP contribution in [0.2, 0.25) is 0 Å². The van der Waals surface area contributed by atoms with Crippen LogP contribution in [0, 0.1) is 0 Å². The third-order valence-electron chi connectivity index (χ3n) is 8.75. The summed E-state index contributed by atoms with van der Waals surface area (Å²) in [6, 6.07) is 7.96. The van der Waals surface area contributed by atoms with E-state index in [0.29, 0.717) is 29.5 Å². The lowest BCUT2D eigenvalue weighted by Crippen LogP contribution is -2.38. The van der Waals surface area contributed by atoms with Crippen LogP contribution in [0.1, 0.15) is 55.6 Å². The number of fused-ring (bicyclic) bond motifs is 2. The summed E-state index contributed by atoms with van der Waals surface area (Å²) in [4.78, 5) is 46.5. The number of esters is 1. The Labute approximate surface area is 269 Å². The minimum atomic E-state index is -0.493. The number of carbonyl (C=O) groups excluding carboxylic acids is 2. The molecule has 1 saturated carbocycles. The van der Waals surface area contributed by atoms with Gasteiger partial charge < -0.3 is 34.8 Å². The lowest BCUT2D eigenvalue weighted by atomic mass is 10.1. The van der Waals surface area contributed by atoms with Crippen LogP contribution in [-0.2, 0) is 14.9 Å². The number of amides is 1. The highest BCUT2D eigenvalue weighted by Gasteiger charge is 2.54. The Morgan fingerprint density at radius 3 is 2.70 bits per heavy atom. The third-order valence-corrected chi connectivity index (χ3v) is 8.75. The van der Waals surface area contributed by atoms with Gasteiger partial charge in [-0.25, -0.2) is 9.78 Å². The van der Waals surface area contributed by atoms with Crippen molar-refractivity contribution in [3.63, 3.8) is 0 Å². The molecular weight excluding hydrogens is 584 g/mol. The molecule has 242 valence electrons. The number of anilines is 6. The molecule has 1 atom stereocenters. The third kappa shape index (κ3) is 6.09. The molecule has 1 aliphatic carbocycles. The van der Waals surface area contributed by atoms with Gasteiger partial charge in [0.15, 0.2) is 5.82 Å². The molecule has 46 heavy (non-hydrogen) atoms. The van der Waals surface area contributed by atoms with Crippen molar-refractivity contribution in [3.05, 3.63) is 60.6 Å². The average molecular weight is 627 g/mol. The van der Waals surface area contributed by atoms with E-state index in [2.05, 4.69) is 46.1 Å². The number of methoxy groups -OCH3 is 1. The van der Waals surface area contributed by atoms with Gasteiger partial charge in [-0.1, -0.05) is 6.58 Å². The first-order valence-electron chi connectivity index (χ1n) is 15.8. The highest BCUT2D eigenvalue weighted by Crippen LogP contribution is 2.57. The Hall–Kier alpha value is -4.71. The fourth-order valence-corrected chi connectivity index (χ4v) is 6.52. The molecule has 1 amide bonds. The monoisotopic (exact) mass is 626 g/mol. The highest BCUT2D eigenvalue weighted by atomic mass is 16.5. The molecule has 1 spiro atoms. The standard InChI is InChI=1S/C34H42N8O4/c1-7-29(43)37-24-16-25(28(45-6)17-27(24)41-15-9-10-22(41)19-40(4)5)38-33-36-18-23(32(44)46-21(2)3)31(39-33)42-20-34(12-13-34)30-26(42)11-8-14-35-30/h7-8,11,14,16-18,21-22H,1,9-10,12-13,15,19-20H2,2-6H3,(H,37,43)(H,36,38,39)/t22-/m1/s1. The first-order chi connectivity index (χ1) is 22.1. The van der Waals surface area contributed by atoms with E-state index in [0.717, 1.165) is 55.8 Å². The topological polar surface area (TPSA) is 125 Å². The number of nitrogens with zero attached hydrogens (tertiary/aromatic N) is 6. The first-order valence-corrected chi connectivity index (χ1v) is 15.8. The minimum Gasteiger partial charge on any atom is -0.494 e. The molecule has 6 rings (SSSR count). The summed E-state index contributed by atoms with van der Waals surface area (Å²) in [6.45, 7) is 9.67. The smallest absolute Gasteiger partial charge is 0.343 e. The molecule has 1 aromatic carbocycles. The number of aromatic nitrogens is 3. The van der Waals surface area contributed by atoms with Crippen LogP contribution in [0.4, 0.5) is 34.5 Å². The number of nitrogens with one attached hydrogen (secondary N) is 2. The zero-order valence-electron chi connectivity index (χ0n) is 27.2. The summed E-state index contributed by atoms with van der Waals surface area (Å²) in [7, 11) is 5.73. The largest absolute Gasteiger partial charge is 0.494 e. The summed E-state index contributed by atoms with van der Waals surface area (Å²) in [5.41, 5.74) is 4.23. The first kappa shape index (κ1) is 31.3. The normalized spacial score (nSPS) is 17.8. The van der Waals surface area contributed by atoms with Gasteiger partial charge in [-0.15, -0.1) is 0 Å². The summed E-state index contributed by atoms with van der Waals surface area (Å²) in [5, 5.41) is 6.29. The van der Waals surface area contributed by atoms with Gasteiger partial charge in [-0.3, -0.25) is 9.78 Å². The Kier molecular flexibility index (Phi) is 8.56. The molecule has 0 radical (unpaired) electrons. The predicted octanol–water partition coefficient (Wildman–Crippen LogP) is 5.03. The molecule has 2 aliphatic heterocycles. The molecule has 2 aromatic heterocycles. The van der Waals surface area contributed by atoms with E-state index in [1.807, 2.05) is 49.2 Å². The maximum absolute atomic E-state index is 13.3. The number of likely N-dealkylation sites (N-methyl/N-ethyl adjacent to an activating group) is 1. The van der Waals surface area contributed by atoms with Crippen LogP contribution in [0.15, 0.2) is 49.3 Å². The van der Waals surface area contributed by atoms with Gasteiger partial charge in [-0.05, 0) is 77.9 Å². The van der Waals surface area contributed by atoms with E-state index in [1.54, 1.807) is 7.11 Å². The second-order valence-corrected chi connectivity index (χ2v) is 12.8. The molecule has 2 N–H and O–H groups in total. The summed E-state index contributed by atoms with van der Waals surface area (Å²) in [6.07, 6.45) is 8.42. The molecule has 0 bridgehead atoms. The van der Waals surface area contributed by atoms with Crippen LogP contribution in [-0.4, -0.2) is 84.7 Å². The fraction of sp³-hybridized carbons (Fsp3) is 0.441. The van der Waals surface area contributed by atoms with Gasteiger partial charge >= 0.3 is 5.97 Å². The lowest BCUT2D eigenvalue weighted by Gasteiger charge is -2.31. The fourth-order valence-electron chi connectivity index (χ4n) is 6.52. The van der Waals surface area contributed by atoms with E-state index >= 15 is 0 Å². The molecule has 12 heteroatoms. The van der Waals surface area contributed by atoms with Crippen molar-refractivity contribution in [1.29, 1.82) is 0 Å². The SMILES string of the molecule is C=CC(=O)Nc1cc(Nc2ncc(C(=O)OC(C)C)c(N3CC4(CC4)c4ncccc43)n2)c(OC)cc1N1CCC[C@@H]1CN(C)C. The van der Waals surface area contributed by atoms with Gasteiger partial charge in [-0.2, -0.15) is 4.98 Å². The van der Waals surface area contributed by atoms with Crippen LogP contribution in [0.25, 0.3) is 0 Å². The Morgan fingerprint density at radius 1 is 1.20 bits per heavy atom. The molecule has 1 saturated heterocycles. The number of pyridine rings is 1. The molecule has 0 unspecified atom stereocenters. The number of hydrogen-bond donors (Lipinski definition) is 2. The molecule has 12 nitrogen and oxygen atoms in total. The van der Waals surface area contributed by atoms with Crippen molar-refractivity contribution in [3.8, 4) is 5.75 Å².